The zero-order chi connectivity index (χ0) is 20.4. The lowest BCUT2D eigenvalue weighted by molar-refractivity contribution is 0.0760. The lowest BCUT2D eigenvalue weighted by Crippen LogP contribution is -2.49. The highest BCUT2D eigenvalue weighted by molar-refractivity contribution is 5.75. The predicted octanol–water partition coefficient (Wildman–Crippen LogP) is 3.52. The first-order valence-corrected chi connectivity index (χ1v) is 10.2. The Morgan fingerprint density at radius 1 is 1.25 bits per heavy atom. The molecule has 2 aromatic rings. The number of hydrogen-bond donors (Lipinski definition) is 2. The van der Waals surface area contributed by atoms with E-state index in [9.17, 15) is 14.7 Å². The summed E-state index contributed by atoms with van der Waals surface area (Å²) >= 11 is 0. The van der Waals surface area contributed by atoms with Crippen molar-refractivity contribution >= 4 is 17.1 Å². The highest BCUT2D eigenvalue weighted by Crippen LogP contribution is 2.30. The van der Waals surface area contributed by atoms with Gasteiger partial charge in [-0.2, -0.15) is 0 Å². The summed E-state index contributed by atoms with van der Waals surface area (Å²) in [6.45, 7) is 9.99. The molecule has 0 radical (unpaired) electrons. The van der Waals surface area contributed by atoms with Crippen LogP contribution in [0.1, 0.15) is 53.0 Å². The van der Waals surface area contributed by atoms with Crippen LogP contribution in [-0.2, 0) is 0 Å². The minimum absolute atomic E-state index is 0.01000. The molecule has 3 rings (SSSR count). The molecular weight excluding hydrogens is 356 g/mol. The lowest BCUT2D eigenvalue weighted by Gasteiger charge is -2.40. The molecule has 1 aliphatic rings. The van der Waals surface area contributed by atoms with Crippen molar-refractivity contribution in [3.05, 3.63) is 34.7 Å². The number of nitrogens with one attached hydrogen (secondary N) is 1. The summed E-state index contributed by atoms with van der Waals surface area (Å²) in [6, 6.07) is 8.44. The van der Waals surface area contributed by atoms with E-state index in [1.165, 1.54) is 0 Å². The third kappa shape index (κ3) is 4.09. The molecule has 1 aromatic carbocycles. The summed E-state index contributed by atoms with van der Waals surface area (Å²) in [6.07, 6.45) is 1.23. The molecule has 0 spiro atoms. The van der Waals surface area contributed by atoms with Crippen LogP contribution >= 0.6 is 0 Å². The number of rotatable bonds is 6. The Morgan fingerprint density at radius 3 is 2.57 bits per heavy atom. The first-order chi connectivity index (χ1) is 13.3. The van der Waals surface area contributed by atoms with Gasteiger partial charge < -0.3 is 15.0 Å². The van der Waals surface area contributed by atoms with E-state index >= 15 is 0 Å². The van der Waals surface area contributed by atoms with Crippen molar-refractivity contribution in [3.63, 3.8) is 0 Å². The minimum atomic E-state index is -0.865. The predicted molar refractivity (Wildman–Crippen MR) is 111 cm³/mol. The number of nitrogens with zero attached hydrogens (tertiary/aromatic N) is 3. The molecule has 1 amide bonds. The molecule has 2 atom stereocenters. The number of hydrogen-bond acceptors (Lipinski definition) is 3. The fraction of sp³-hybridized carbons (Fsp3) is 0.619. The zero-order valence-electron chi connectivity index (χ0n) is 17.3. The molecule has 1 saturated heterocycles. The largest absolute Gasteiger partial charge is 0.465 e. The normalized spacial score (nSPS) is 20.6. The van der Waals surface area contributed by atoms with Crippen molar-refractivity contribution in [1.29, 1.82) is 0 Å². The van der Waals surface area contributed by atoms with Gasteiger partial charge in [0.05, 0.1) is 11.0 Å². The molecule has 1 aromatic heterocycles. The summed E-state index contributed by atoms with van der Waals surface area (Å²) in [7, 11) is 0. The van der Waals surface area contributed by atoms with Crippen LogP contribution in [0.3, 0.4) is 0 Å². The summed E-state index contributed by atoms with van der Waals surface area (Å²) < 4.78 is 1.82. The van der Waals surface area contributed by atoms with Gasteiger partial charge in [0, 0.05) is 37.3 Å². The van der Waals surface area contributed by atoms with E-state index in [1.807, 2.05) is 28.8 Å². The van der Waals surface area contributed by atoms with E-state index in [4.69, 9.17) is 0 Å². The first kappa shape index (κ1) is 20.5. The zero-order valence-corrected chi connectivity index (χ0v) is 17.3. The molecule has 0 bridgehead atoms. The monoisotopic (exact) mass is 388 g/mol. The molecule has 28 heavy (non-hydrogen) atoms. The summed E-state index contributed by atoms with van der Waals surface area (Å²) in [4.78, 5) is 31.2. The number of H-pyrrole nitrogens is 1. The number of carboxylic acid groups (broad SMARTS) is 1. The fourth-order valence-corrected chi connectivity index (χ4v) is 4.64. The van der Waals surface area contributed by atoms with Gasteiger partial charge in [-0.1, -0.05) is 12.1 Å². The molecule has 2 heterocycles. The Labute approximate surface area is 165 Å². The van der Waals surface area contributed by atoms with Crippen molar-refractivity contribution in [3.8, 4) is 0 Å². The molecule has 1 aliphatic heterocycles. The Kier molecular flexibility index (Phi) is 6.13. The number of aromatic amines is 1. The minimum Gasteiger partial charge on any atom is -0.465 e. The number of likely N-dealkylation sites (tertiary alicyclic amines) is 1. The van der Waals surface area contributed by atoms with Crippen molar-refractivity contribution in [2.24, 2.45) is 0 Å². The number of piperidine rings is 1. The van der Waals surface area contributed by atoms with E-state index in [0.717, 1.165) is 24.0 Å². The molecule has 154 valence electrons. The standard InChI is InChI=1S/C21H32N4O3/c1-14(2)23(15(3)4)11-9-16-13-17(10-12-24(16)21(27)28)25-19-8-6-5-7-18(19)22-20(25)26/h5-8,14-17H,9-13H2,1-4H3,(H,22,26)(H,27,28). The van der Waals surface area contributed by atoms with E-state index in [1.54, 1.807) is 4.90 Å². The highest BCUT2D eigenvalue weighted by atomic mass is 16.4. The number of imidazole rings is 1. The Morgan fingerprint density at radius 2 is 1.93 bits per heavy atom. The number of fused-ring (bicyclic) bond motifs is 1. The van der Waals surface area contributed by atoms with Gasteiger partial charge in [0.15, 0.2) is 0 Å². The molecule has 7 nitrogen and oxygen atoms in total. The molecule has 0 saturated carbocycles. The van der Waals surface area contributed by atoms with E-state index in [-0.39, 0.29) is 17.8 Å². The van der Waals surface area contributed by atoms with Crippen LogP contribution < -0.4 is 5.69 Å². The first-order valence-electron chi connectivity index (χ1n) is 10.2. The summed E-state index contributed by atoms with van der Waals surface area (Å²) in [5.74, 6) is 0. The van der Waals surface area contributed by atoms with E-state index < -0.39 is 6.09 Å². The van der Waals surface area contributed by atoms with Gasteiger partial charge in [0.25, 0.3) is 0 Å². The third-order valence-electron chi connectivity index (χ3n) is 5.97. The molecule has 2 unspecified atom stereocenters. The van der Waals surface area contributed by atoms with Crippen LogP contribution in [-0.4, -0.2) is 61.8 Å². The van der Waals surface area contributed by atoms with Gasteiger partial charge >= 0.3 is 11.8 Å². The highest BCUT2D eigenvalue weighted by Gasteiger charge is 2.34. The molecule has 1 fully saturated rings. The third-order valence-corrected chi connectivity index (χ3v) is 5.97. The fourth-order valence-electron chi connectivity index (χ4n) is 4.64. The second kappa shape index (κ2) is 8.39. The number of benzene rings is 1. The van der Waals surface area contributed by atoms with Crippen molar-refractivity contribution in [2.75, 3.05) is 13.1 Å². The van der Waals surface area contributed by atoms with Gasteiger partial charge in [-0.05, 0) is 59.1 Å². The number of aromatic nitrogens is 2. The number of carbonyl (C=O) groups is 1. The maximum absolute atomic E-state index is 12.6. The van der Waals surface area contributed by atoms with Crippen LogP contribution in [0.25, 0.3) is 11.0 Å². The SMILES string of the molecule is CC(C)N(CCC1CC(n2c(=O)[nH]c3ccccc32)CCN1C(=O)O)C(C)C. The van der Waals surface area contributed by atoms with E-state index in [2.05, 4.69) is 37.6 Å². The number of amides is 1. The Balaban J connectivity index is 1.82. The average Bonchev–Trinajstić information content (AvgIpc) is 2.96. The van der Waals surface area contributed by atoms with E-state index in [0.29, 0.717) is 31.5 Å². The van der Waals surface area contributed by atoms with Gasteiger partial charge in [-0.15, -0.1) is 0 Å². The van der Waals surface area contributed by atoms with Crippen molar-refractivity contribution in [1.82, 2.24) is 19.4 Å². The van der Waals surface area contributed by atoms with Gasteiger partial charge in [-0.25, -0.2) is 9.59 Å². The van der Waals surface area contributed by atoms with Crippen molar-refractivity contribution < 1.29 is 9.90 Å². The van der Waals surface area contributed by atoms with Crippen molar-refractivity contribution in [2.45, 2.75) is 71.1 Å². The van der Waals surface area contributed by atoms with Gasteiger partial charge in [0.2, 0.25) is 0 Å². The van der Waals surface area contributed by atoms with Crippen LogP contribution in [0.15, 0.2) is 29.1 Å². The number of para-hydroxylation sites is 2. The molecular formula is C21H32N4O3. The van der Waals surface area contributed by atoms with Gasteiger partial charge in [0.1, 0.15) is 0 Å². The van der Waals surface area contributed by atoms with Gasteiger partial charge in [-0.3, -0.25) is 9.47 Å². The molecule has 0 aliphatic carbocycles. The lowest BCUT2D eigenvalue weighted by atomic mass is 9.94. The molecule has 2 N–H and O–H groups in total. The average molecular weight is 389 g/mol. The maximum atomic E-state index is 12.6. The Hall–Kier alpha value is -2.28. The second-order valence-corrected chi connectivity index (χ2v) is 8.34. The topological polar surface area (TPSA) is 81.6 Å². The van der Waals surface area contributed by atoms with Crippen LogP contribution in [0.4, 0.5) is 4.79 Å². The summed E-state index contributed by atoms with van der Waals surface area (Å²) in [5.41, 5.74) is 1.61. The molecule has 7 heteroatoms. The second-order valence-electron chi connectivity index (χ2n) is 8.34. The van der Waals surface area contributed by atoms with Crippen LogP contribution in [0.5, 0.6) is 0 Å². The smallest absolute Gasteiger partial charge is 0.407 e. The van der Waals surface area contributed by atoms with Crippen LogP contribution in [0.2, 0.25) is 0 Å². The Bertz CT molecular complexity index is 862. The summed E-state index contributed by atoms with van der Waals surface area (Å²) in [5, 5.41) is 9.67. The maximum Gasteiger partial charge on any atom is 0.407 e. The van der Waals surface area contributed by atoms with Crippen LogP contribution in [0, 0.1) is 0 Å². The quantitative estimate of drug-likeness (QED) is 0.793.